The fraction of sp³-hybridized carbons (Fsp3) is 0.280. The molecule has 30 heavy (non-hydrogen) atoms. The van der Waals surface area contributed by atoms with Gasteiger partial charge in [-0.2, -0.15) is 5.10 Å². The van der Waals surface area contributed by atoms with Gasteiger partial charge in [0.15, 0.2) is 5.78 Å². The van der Waals surface area contributed by atoms with E-state index in [0.29, 0.717) is 11.4 Å². The summed E-state index contributed by atoms with van der Waals surface area (Å²) in [5.74, 6) is 1.12. The first-order valence-corrected chi connectivity index (χ1v) is 10.7. The number of allylic oxidation sites excluding steroid dienone is 2. The maximum atomic E-state index is 13.3. The molecule has 0 saturated heterocycles. The highest BCUT2D eigenvalue weighted by Crippen LogP contribution is 2.48. The van der Waals surface area contributed by atoms with Crippen LogP contribution in [-0.2, 0) is 4.79 Å². The van der Waals surface area contributed by atoms with E-state index in [-0.39, 0.29) is 17.2 Å². The van der Waals surface area contributed by atoms with E-state index in [1.54, 1.807) is 0 Å². The van der Waals surface area contributed by atoms with Crippen LogP contribution in [0.3, 0.4) is 0 Å². The van der Waals surface area contributed by atoms with Crippen molar-refractivity contribution in [2.24, 2.45) is 5.41 Å². The SMILES string of the molecule is Cc1nn2c(c1-c1ccccc1)NC1=C(C(=O)CC(C)(C)C1)[C@H]2c1cccc(Cl)c1. The number of aromatic nitrogens is 2. The molecule has 0 bridgehead atoms. The van der Waals surface area contributed by atoms with Crippen molar-refractivity contribution >= 4 is 23.2 Å². The largest absolute Gasteiger partial charge is 0.343 e. The van der Waals surface area contributed by atoms with Crippen LogP contribution in [0.2, 0.25) is 5.02 Å². The summed E-state index contributed by atoms with van der Waals surface area (Å²) in [4.78, 5) is 13.3. The Morgan fingerprint density at radius 3 is 2.60 bits per heavy atom. The molecule has 152 valence electrons. The molecule has 1 aliphatic heterocycles. The zero-order chi connectivity index (χ0) is 21.0. The van der Waals surface area contributed by atoms with Crippen molar-refractivity contribution in [3.63, 3.8) is 0 Å². The quantitative estimate of drug-likeness (QED) is 0.542. The van der Waals surface area contributed by atoms with Gasteiger partial charge in [0, 0.05) is 28.3 Å². The number of rotatable bonds is 2. The lowest BCUT2D eigenvalue weighted by Crippen LogP contribution is -2.36. The third-order valence-corrected chi connectivity index (χ3v) is 6.25. The van der Waals surface area contributed by atoms with Crippen LogP contribution >= 0.6 is 11.6 Å². The van der Waals surface area contributed by atoms with Gasteiger partial charge in [-0.3, -0.25) is 4.79 Å². The second-order valence-corrected chi connectivity index (χ2v) is 9.47. The lowest BCUT2D eigenvalue weighted by Gasteiger charge is -2.39. The molecule has 0 unspecified atom stereocenters. The van der Waals surface area contributed by atoms with Crippen LogP contribution < -0.4 is 5.32 Å². The van der Waals surface area contributed by atoms with Crippen molar-refractivity contribution in [1.82, 2.24) is 9.78 Å². The third-order valence-electron chi connectivity index (χ3n) is 6.02. The molecule has 0 radical (unpaired) electrons. The summed E-state index contributed by atoms with van der Waals surface area (Å²) in [7, 11) is 0. The Balaban J connectivity index is 1.76. The molecular formula is C25H24ClN3O. The fourth-order valence-corrected chi connectivity index (χ4v) is 5.02. The minimum absolute atomic E-state index is 0.0774. The fourth-order valence-electron chi connectivity index (χ4n) is 4.82. The minimum Gasteiger partial charge on any atom is -0.343 e. The number of nitrogens with zero attached hydrogens (tertiary/aromatic N) is 2. The van der Waals surface area contributed by atoms with E-state index in [1.807, 2.05) is 54.1 Å². The first kappa shape index (κ1) is 19.1. The van der Waals surface area contributed by atoms with Gasteiger partial charge in [-0.25, -0.2) is 4.68 Å². The molecule has 1 N–H and O–H groups in total. The number of hydrogen-bond acceptors (Lipinski definition) is 3. The zero-order valence-corrected chi connectivity index (χ0v) is 18.1. The molecule has 0 fully saturated rings. The predicted octanol–water partition coefficient (Wildman–Crippen LogP) is 6.17. The lowest BCUT2D eigenvalue weighted by atomic mass is 9.73. The average Bonchev–Trinajstić information content (AvgIpc) is 3.01. The number of anilines is 1. The molecule has 5 heteroatoms. The Morgan fingerprint density at radius 1 is 1.10 bits per heavy atom. The van der Waals surface area contributed by atoms with Crippen molar-refractivity contribution in [2.75, 3.05) is 5.32 Å². The van der Waals surface area contributed by atoms with E-state index in [9.17, 15) is 4.79 Å². The van der Waals surface area contributed by atoms with Gasteiger partial charge in [0.1, 0.15) is 11.9 Å². The number of halogens is 1. The zero-order valence-electron chi connectivity index (χ0n) is 17.4. The third kappa shape index (κ3) is 3.07. The van der Waals surface area contributed by atoms with Crippen molar-refractivity contribution in [2.45, 2.75) is 39.7 Å². The number of ketones is 1. The highest BCUT2D eigenvalue weighted by atomic mass is 35.5. The standard InChI is InChI=1S/C25H24ClN3O/c1-15-21(16-8-5-4-6-9-16)24-27-19-13-25(2,3)14-20(30)22(19)23(29(24)28-15)17-10-7-11-18(26)12-17/h4-12,23,27H,13-14H2,1-3H3/t23-/m1/s1. The van der Waals surface area contributed by atoms with Gasteiger partial charge in [-0.05, 0) is 42.0 Å². The average molecular weight is 418 g/mol. The number of fused-ring (bicyclic) bond motifs is 1. The van der Waals surface area contributed by atoms with Gasteiger partial charge in [-0.15, -0.1) is 0 Å². The molecule has 1 aliphatic carbocycles. The Kier molecular flexibility index (Phi) is 4.37. The molecule has 0 saturated carbocycles. The number of hydrogen-bond donors (Lipinski definition) is 1. The van der Waals surface area contributed by atoms with E-state index < -0.39 is 0 Å². The van der Waals surface area contributed by atoms with Gasteiger partial charge in [0.2, 0.25) is 0 Å². The molecule has 1 atom stereocenters. The maximum Gasteiger partial charge on any atom is 0.163 e. The predicted molar refractivity (Wildman–Crippen MR) is 121 cm³/mol. The van der Waals surface area contributed by atoms with Crippen LogP contribution in [0.1, 0.15) is 44.0 Å². The molecule has 0 spiro atoms. The Bertz CT molecular complexity index is 1190. The number of Topliss-reactive ketones (excluding diaryl/α,β-unsaturated/α-hetero) is 1. The summed E-state index contributed by atoms with van der Waals surface area (Å²) in [6, 6.07) is 17.8. The number of aryl methyl sites for hydroxylation is 1. The second kappa shape index (κ2) is 6.85. The Hall–Kier alpha value is -2.85. The summed E-state index contributed by atoms with van der Waals surface area (Å²) in [5, 5.41) is 9.17. The molecule has 0 amide bonds. The van der Waals surface area contributed by atoms with Gasteiger partial charge in [0.25, 0.3) is 0 Å². The highest BCUT2D eigenvalue weighted by Gasteiger charge is 2.42. The van der Waals surface area contributed by atoms with Gasteiger partial charge in [0.05, 0.1) is 5.69 Å². The van der Waals surface area contributed by atoms with Crippen LogP contribution in [0.15, 0.2) is 65.9 Å². The minimum atomic E-state index is -0.283. The molecule has 2 heterocycles. The van der Waals surface area contributed by atoms with E-state index >= 15 is 0 Å². The molecule has 2 aromatic carbocycles. The maximum absolute atomic E-state index is 13.3. The number of nitrogens with one attached hydrogen (secondary N) is 1. The van der Waals surface area contributed by atoms with Gasteiger partial charge in [-0.1, -0.05) is 67.9 Å². The highest BCUT2D eigenvalue weighted by molar-refractivity contribution is 6.30. The van der Waals surface area contributed by atoms with Crippen LogP contribution in [0, 0.1) is 12.3 Å². The first-order chi connectivity index (χ1) is 14.3. The smallest absolute Gasteiger partial charge is 0.163 e. The van der Waals surface area contributed by atoms with Crippen LogP contribution in [0.5, 0.6) is 0 Å². The van der Waals surface area contributed by atoms with Crippen molar-refractivity contribution in [3.8, 4) is 11.1 Å². The summed E-state index contributed by atoms with van der Waals surface area (Å²) in [6.07, 6.45) is 1.36. The van der Waals surface area contributed by atoms with E-state index in [4.69, 9.17) is 16.7 Å². The van der Waals surface area contributed by atoms with Gasteiger partial charge >= 0.3 is 0 Å². The van der Waals surface area contributed by atoms with E-state index in [0.717, 1.165) is 45.9 Å². The Morgan fingerprint density at radius 2 is 1.87 bits per heavy atom. The summed E-state index contributed by atoms with van der Waals surface area (Å²) < 4.78 is 1.97. The summed E-state index contributed by atoms with van der Waals surface area (Å²) in [6.45, 7) is 6.33. The number of benzene rings is 2. The second-order valence-electron chi connectivity index (χ2n) is 9.04. The first-order valence-electron chi connectivity index (χ1n) is 10.3. The molecule has 1 aromatic heterocycles. The van der Waals surface area contributed by atoms with Crippen molar-refractivity contribution < 1.29 is 4.79 Å². The molecule has 3 aromatic rings. The van der Waals surface area contributed by atoms with Crippen molar-refractivity contribution in [1.29, 1.82) is 0 Å². The molecule has 2 aliphatic rings. The number of carbonyl (C=O) groups excluding carboxylic acids is 1. The molecule has 5 rings (SSSR count). The van der Waals surface area contributed by atoms with E-state index in [2.05, 4.69) is 31.3 Å². The van der Waals surface area contributed by atoms with Crippen molar-refractivity contribution in [3.05, 3.63) is 82.1 Å². The van der Waals surface area contributed by atoms with Gasteiger partial charge < -0.3 is 5.32 Å². The lowest BCUT2D eigenvalue weighted by molar-refractivity contribution is -0.118. The monoisotopic (exact) mass is 417 g/mol. The van der Waals surface area contributed by atoms with Crippen LogP contribution in [0.25, 0.3) is 11.1 Å². The Labute approximate surface area is 181 Å². The molecular weight excluding hydrogens is 394 g/mol. The van der Waals surface area contributed by atoms with E-state index in [1.165, 1.54) is 0 Å². The van der Waals surface area contributed by atoms with Crippen LogP contribution in [0.4, 0.5) is 5.82 Å². The summed E-state index contributed by atoms with van der Waals surface area (Å²) >= 11 is 6.33. The van der Waals surface area contributed by atoms with Crippen LogP contribution in [-0.4, -0.2) is 15.6 Å². The normalized spacial score (nSPS) is 19.9. The number of carbonyl (C=O) groups is 1. The summed E-state index contributed by atoms with van der Waals surface area (Å²) in [5.41, 5.74) is 5.84. The topological polar surface area (TPSA) is 46.9 Å². The molecule has 4 nitrogen and oxygen atoms in total.